The Morgan fingerprint density at radius 3 is 2.50 bits per heavy atom. The highest BCUT2D eigenvalue weighted by Gasteiger charge is 2.48. The van der Waals surface area contributed by atoms with Gasteiger partial charge in [0.25, 0.3) is 5.78 Å². The summed E-state index contributed by atoms with van der Waals surface area (Å²) in [5, 5.41) is 12.1. The second kappa shape index (κ2) is 11.1. The van der Waals surface area contributed by atoms with E-state index in [-0.39, 0.29) is 11.3 Å². The van der Waals surface area contributed by atoms with Crippen molar-refractivity contribution in [3.05, 3.63) is 88.5 Å². The molecule has 8 heteroatoms. The molecular weight excluding hydrogens is 524 g/mol. The minimum atomic E-state index is -0.869. The van der Waals surface area contributed by atoms with Crippen LogP contribution in [0.4, 0.5) is 5.13 Å². The Labute approximate surface area is 237 Å². The molecule has 7 nitrogen and oxygen atoms in total. The van der Waals surface area contributed by atoms with E-state index in [0.29, 0.717) is 46.9 Å². The maximum absolute atomic E-state index is 13.7. The number of aromatic nitrogens is 1. The van der Waals surface area contributed by atoms with Crippen molar-refractivity contribution in [2.24, 2.45) is 0 Å². The number of carbonyl (C=O) groups is 2. The van der Waals surface area contributed by atoms with E-state index in [1.165, 1.54) is 21.8 Å². The summed E-state index contributed by atoms with van der Waals surface area (Å²) in [6, 6.07) is 17.8. The number of amides is 1. The van der Waals surface area contributed by atoms with Gasteiger partial charge in [-0.2, -0.15) is 0 Å². The fourth-order valence-corrected chi connectivity index (χ4v) is 5.99. The standard InChI is InChI=1S/C32H32N2O5S/c1-6-38-22-12-13-23(25(17-22)39-7-2)29(35)27-28(21-10-8-9-19(5)15-21)34(31(37)30(27)36)32-33-24-14-11-20(18(3)4)16-26(24)40-32/h8-18,28,35H,6-7H2,1-5H3/b29-27+. The molecule has 2 heterocycles. The van der Waals surface area contributed by atoms with Gasteiger partial charge in [0.1, 0.15) is 17.3 Å². The molecule has 1 aromatic heterocycles. The van der Waals surface area contributed by atoms with Crippen molar-refractivity contribution in [2.75, 3.05) is 18.1 Å². The first-order valence-corrected chi connectivity index (χ1v) is 14.2. The Morgan fingerprint density at radius 2 is 1.80 bits per heavy atom. The molecule has 0 bridgehead atoms. The number of aliphatic hydroxyl groups excluding tert-OH is 1. The minimum absolute atomic E-state index is 0.0113. The number of Topliss-reactive ketones (excluding diaryl/α,β-unsaturated/α-hetero) is 1. The number of hydrogen-bond donors (Lipinski definition) is 1. The Kier molecular flexibility index (Phi) is 7.63. The summed E-state index contributed by atoms with van der Waals surface area (Å²) in [4.78, 5) is 33.5. The third-order valence-corrected chi connectivity index (χ3v) is 7.91. The second-order valence-electron chi connectivity index (χ2n) is 9.99. The molecule has 1 aliphatic rings. The molecule has 1 aliphatic heterocycles. The molecule has 3 aromatic carbocycles. The van der Waals surface area contributed by atoms with Crippen LogP contribution < -0.4 is 14.4 Å². The van der Waals surface area contributed by atoms with Gasteiger partial charge in [0.05, 0.1) is 40.6 Å². The molecule has 4 aromatic rings. The monoisotopic (exact) mass is 556 g/mol. The number of rotatable bonds is 8. The lowest BCUT2D eigenvalue weighted by Gasteiger charge is -2.23. The van der Waals surface area contributed by atoms with Crippen molar-refractivity contribution in [1.29, 1.82) is 0 Å². The molecular formula is C32H32N2O5S. The van der Waals surface area contributed by atoms with Gasteiger partial charge in [0, 0.05) is 6.07 Å². The topological polar surface area (TPSA) is 89.0 Å². The number of aliphatic hydroxyl groups is 1. The quantitative estimate of drug-likeness (QED) is 0.141. The Balaban J connectivity index is 1.71. The average Bonchev–Trinajstić information content (AvgIpc) is 3.46. The summed E-state index contributed by atoms with van der Waals surface area (Å²) < 4.78 is 12.3. The molecule has 1 fully saturated rings. The molecule has 0 radical (unpaired) electrons. The number of benzene rings is 3. The molecule has 0 saturated carbocycles. The number of nitrogens with zero attached hydrogens (tertiary/aromatic N) is 2. The summed E-state index contributed by atoms with van der Waals surface area (Å²) in [5.74, 6) is -0.537. The molecule has 0 spiro atoms. The highest BCUT2D eigenvalue weighted by Crippen LogP contribution is 2.45. The predicted octanol–water partition coefficient (Wildman–Crippen LogP) is 7.15. The van der Waals surface area contributed by atoms with Crippen molar-refractivity contribution in [1.82, 2.24) is 4.98 Å². The van der Waals surface area contributed by atoms with Crippen molar-refractivity contribution >= 4 is 44.1 Å². The molecule has 40 heavy (non-hydrogen) atoms. The van der Waals surface area contributed by atoms with Crippen LogP contribution in [-0.2, 0) is 9.59 Å². The van der Waals surface area contributed by atoms with Gasteiger partial charge in [-0.15, -0.1) is 0 Å². The van der Waals surface area contributed by atoms with Crippen LogP contribution in [-0.4, -0.2) is 35.0 Å². The number of ketones is 1. The van der Waals surface area contributed by atoms with Crippen LogP contribution in [0.1, 0.15) is 61.9 Å². The normalized spacial score (nSPS) is 16.8. The van der Waals surface area contributed by atoms with E-state index in [1.54, 1.807) is 18.2 Å². The smallest absolute Gasteiger partial charge is 0.301 e. The zero-order valence-electron chi connectivity index (χ0n) is 23.2. The lowest BCUT2D eigenvalue weighted by molar-refractivity contribution is -0.132. The van der Waals surface area contributed by atoms with Gasteiger partial charge < -0.3 is 14.6 Å². The lowest BCUT2D eigenvalue weighted by atomic mass is 9.94. The lowest BCUT2D eigenvalue weighted by Crippen LogP contribution is -2.29. The van der Waals surface area contributed by atoms with Gasteiger partial charge in [-0.3, -0.25) is 14.5 Å². The second-order valence-corrected chi connectivity index (χ2v) is 11.0. The minimum Gasteiger partial charge on any atom is -0.507 e. The number of fused-ring (bicyclic) bond motifs is 1. The molecule has 1 unspecified atom stereocenters. The number of ether oxygens (including phenoxy) is 2. The highest BCUT2D eigenvalue weighted by atomic mass is 32.1. The summed E-state index contributed by atoms with van der Waals surface area (Å²) in [6.07, 6.45) is 0. The third kappa shape index (κ3) is 4.95. The number of thiazole rings is 1. The van der Waals surface area contributed by atoms with E-state index >= 15 is 0 Å². The summed E-state index contributed by atoms with van der Waals surface area (Å²) >= 11 is 1.36. The molecule has 1 amide bonds. The number of hydrogen-bond acceptors (Lipinski definition) is 7. The van der Waals surface area contributed by atoms with Gasteiger partial charge in [0.15, 0.2) is 5.13 Å². The maximum atomic E-state index is 13.7. The van der Waals surface area contributed by atoms with E-state index < -0.39 is 17.7 Å². The van der Waals surface area contributed by atoms with E-state index in [1.807, 2.05) is 57.2 Å². The summed E-state index contributed by atoms with van der Waals surface area (Å²) in [5.41, 5.74) is 3.88. The first-order valence-electron chi connectivity index (χ1n) is 13.4. The molecule has 1 N–H and O–H groups in total. The molecule has 5 rings (SSSR count). The van der Waals surface area contributed by atoms with Crippen molar-refractivity contribution in [2.45, 2.75) is 46.6 Å². The van der Waals surface area contributed by atoms with Crippen LogP contribution in [0.25, 0.3) is 16.0 Å². The maximum Gasteiger partial charge on any atom is 0.301 e. The van der Waals surface area contributed by atoms with Gasteiger partial charge in [-0.25, -0.2) is 4.98 Å². The van der Waals surface area contributed by atoms with Crippen LogP contribution in [0.15, 0.2) is 66.2 Å². The summed E-state index contributed by atoms with van der Waals surface area (Å²) in [7, 11) is 0. The van der Waals surface area contributed by atoms with Gasteiger partial charge in [-0.05, 0) is 62.1 Å². The van der Waals surface area contributed by atoms with E-state index in [2.05, 4.69) is 19.9 Å². The summed E-state index contributed by atoms with van der Waals surface area (Å²) in [6.45, 7) is 10.7. The molecule has 206 valence electrons. The van der Waals surface area contributed by atoms with E-state index in [9.17, 15) is 14.7 Å². The van der Waals surface area contributed by atoms with Crippen LogP contribution in [0.3, 0.4) is 0 Å². The average molecular weight is 557 g/mol. The van der Waals surface area contributed by atoms with Crippen LogP contribution in [0.5, 0.6) is 11.5 Å². The molecule has 0 aliphatic carbocycles. The zero-order chi connectivity index (χ0) is 28.6. The van der Waals surface area contributed by atoms with Crippen LogP contribution >= 0.6 is 11.3 Å². The van der Waals surface area contributed by atoms with Crippen molar-refractivity contribution in [3.63, 3.8) is 0 Å². The van der Waals surface area contributed by atoms with Gasteiger partial charge in [-0.1, -0.05) is 61.1 Å². The number of aryl methyl sites for hydroxylation is 1. The predicted molar refractivity (Wildman–Crippen MR) is 158 cm³/mol. The van der Waals surface area contributed by atoms with Crippen molar-refractivity contribution < 1.29 is 24.2 Å². The van der Waals surface area contributed by atoms with Crippen LogP contribution in [0, 0.1) is 6.92 Å². The van der Waals surface area contributed by atoms with E-state index in [0.717, 1.165) is 15.8 Å². The first-order chi connectivity index (χ1) is 19.2. The fraction of sp³-hybridized carbons (Fsp3) is 0.281. The molecule has 1 saturated heterocycles. The van der Waals surface area contributed by atoms with Crippen molar-refractivity contribution in [3.8, 4) is 11.5 Å². The molecule has 1 atom stereocenters. The zero-order valence-corrected chi connectivity index (χ0v) is 24.0. The van der Waals surface area contributed by atoms with E-state index in [4.69, 9.17) is 14.5 Å². The SMILES string of the molecule is CCOc1ccc(/C(O)=C2\C(=O)C(=O)N(c3nc4ccc(C(C)C)cc4s3)C2c2cccc(C)c2)c(OCC)c1. The van der Waals surface area contributed by atoms with Crippen LogP contribution in [0.2, 0.25) is 0 Å². The number of anilines is 1. The number of carbonyl (C=O) groups excluding carboxylic acids is 2. The Bertz CT molecular complexity index is 1640. The fourth-order valence-electron chi connectivity index (χ4n) is 4.95. The Hall–Kier alpha value is -4.17. The third-order valence-electron chi connectivity index (χ3n) is 6.90. The largest absolute Gasteiger partial charge is 0.507 e. The highest BCUT2D eigenvalue weighted by molar-refractivity contribution is 7.22. The Morgan fingerprint density at radius 1 is 1.02 bits per heavy atom. The van der Waals surface area contributed by atoms with Gasteiger partial charge in [0.2, 0.25) is 0 Å². The first kappa shape index (κ1) is 27.4. The van der Waals surface area contributed by atoms with Gasteiger partial charge >= 0.3 is 5.91 Å².